The Hall–Kier alpha value is -3.94. The van der Waals surface area contributed by atoms with Gasteiger partial charge in [-0.3, -0.25) is 14.4 Å². The minimum Gasteiger partial charge on any atom is -0.493 e. The van der Waals surface area contributed by atoms with Gasteiger partial charge in [0.25, 0.3) is 5.56 Å². The van der Waals surface area contributed by atoms with Crippen LogP contribution in [0.15, 0.2) is 65.5 Å². The first-order valence-electron chi connectivity index (χ1n) is 12.0. The highest BCUT2D eigenvalue weighted by Crippen LogP contribution is 2.22. The maximum absolute atomic E-state index is 13.0. The molecule has 1 fully saturated rings. The summed E-state index contributed by atoms with van der Waals surface area (Å²) >= 11 is 0. The van der Waals surface area contributed by atoms with Crippen LogP contribution in [0, 0.1) is 5.92 Å². The molecule has 8 nitrogen and oxygen atoms in total. The number of amides is 2. The second kappa shape index (κ2) is 11.5. The maximum atomic E-state index is 13.0. The summed E-state index contributed by atoms with van der Waals surface area (Å²) in [5.41, 5.74) is 1.84. The average Bonchev–Trinajstić information content (AvgIpc) is 2.89. The molecule has 2 heterocycles. The maximum Gasteiger partial charge on any atom is 0.251 e. The fraction of sp³-hybridized carbons (Fsp3) is 0.333. The lowest BCUT2D eigenvalue weighted by Gasteiger charge is -2.32. The Kier molecular flexibility index (Phi) is 7.92. The number of anilines is 1. The number of carbonyl (C=O) groups is 2. The van der Waals surface area contributed by atoms with Gasteiger partial charge in [0, 0.05) is 36.1 Å². The molecule has 182 valence electrons. The monoisotopic (exact) mass is 474 g/mol. The quantitative estimate of drug-likeness (QED) is 0.519. The number of nitrogens with zero attached hydrogens (tertiary/aromatic N) is 2. The van der Waals surface area contributed by atoms with E-state index in [4.69, 9.17) is 4.74 Å². The zero-order chi connectivity index (χ0) is 24.6. The summed E-state index contributed by atoms with van der Waals surface area (Å²) in [6.45, 7) is 3.29. The number of piperidine rings is 1. The molecular formula is C27H30N4O4. The van der Waals surface area contributed by atoms with Crippen molar-refractivity contribution in [2.45, 2.75) is 32.6 Å². The van der Waals surface area contributed by atoms with Crippen LogP contribution >= 0.6 is 0 Å². The molecule has 2 N–H and O–H groups in total. The molecule has 1 saturated heterocycles. The number of hydrogen-bond acceptors (Lipinski definition) is 5. The van der Waals surface area contributed by atoms with E-state index in [1.165, 1.54) is 6.07 Å². The Morgan fingerprint density at radius 3 is 2.77 bits per heavy atom. The highest BCUT2D eigenvalue weighted by atomic mass is 16.5. The molecule has 0 bridgehead atoms. The van der Waals surface area contributed by atoms with Crippen molar-refractivity contribution in [2.24, 2.45) is 5.92 Å². The van der Waals surface area contributed by atoms with Gasteiger partial charge in [0.2, 0.25) is 11.8 Å². The summed E-state index contributed by atoms with van der Waals surface area (Å²) in [4.78, 5) is 46.6. The predicted octanol–water partition coefficient (Wildman–Crippen LogP) is 3.65. The number of hydrogen-bond donors (Lipinski definition) is 2. The van der Waals surface area contributed by atoms with Crippen LogP contribution < -0.4 is 15.6 Å². The molecule has 1 atom stereocenters. The third-order valence-electron chi connectivity index (χ3n) is 6.03. The van der Waals surface area contributed by atoms with Crippen LogP contribution in [0.5, 0.6) is 5.75 Å². The normalized spacial score (nSPS) is 15.5. The molecule has 0 radical (unpaired) electrons. The van der Waals surface area contributed by atoms with Gasteiger partial charge in [-0.25, -0.2) is 4.98 Å². The third kappa shape index (κ3) is 6.56. The van der Waals surface area contributed by atoms with Crippen molar-refractivity contribution < 1.29 is 14.3 Å². The van der Waals surface area contributed by atoms with E-state index in [1.807, 2.05) is 49.4 Å². The minimum absolute atomic E-state index is 0.00809. The summed E-state index contributed by atoms with van der Waals surface area (Å²) in [5, 5.41) is 2.97. The molecule has 1 unspecified atom stereocenters. The lowest BCUT2D eigenvalue weighted by atomic mass is 9.96. The number of para-hydroxylation sites is 1. The first-order chi connectivity index (χ1) is 17.0. The predicted molar refractivity (Wildman–Crippen MR) is 134 cm³/mol. The van der Waals surface area contributed by atoms with Crippen molar-refractivity contribution in [3.8, 4) is 17.1 Å². The second-order valence-corrected chi connectivity index (χ2v) is 8.60. The highest BCUT2D eigenvalue weighted by Gasteiger charge is 2.28. The van der Waals surface area contributed by atoms with Gasteiger partial charge in [-0.1, -0.05) is 37.3 Å². The molecule has 35 heavy (non-hydrogen) atoms. The molecule has 1 aliphatic rings. The molecule has 1 aromatic heterocycles. The Bertz CT molecular complexity index is 1230. The van der Waals surface area contributed by atoms with Crippen molar-refractivity contribution in [1.82, 2.24) is 14.9 Å². The summed E-state index contributed by atoms with van der Waals surface area (Å²) in [6.07, 6.45) is 2.43. The van der Waals surface area contributed by atoms with E-state index < -0.39 is 0 Å². The smallest absolute Gasteiger partial charge is 0.251 e. The Morgan fingerprint density at radius 1 is 1.14 bits per heavy atom. The molecule has 0 spiro atoms. The van der Waals surface area contributed by atoms with E-state index in [-0.39, 0.29) is 29.7 Å². The van der Waals surface area contributed by atoms with E-state index in [9.17, 15) is 14.4 Å². The van der Waals surface area contributed by atoms with Gasteiger partial charge in [-0.05, 0) is 43.5 Å². The SMILES string of the molecule is CCc1cc(=O)[nH]c(-c2cccc(NC(=O)C3CCCN(C(=O)CCOc4ccccc4)C3)c2)n1. The molecule has 2 aromatic carbocycles. The van der Waals surface area contributed by atoms with E-state index in [2.05, 4.69) is 15.3 Å². The number of benzene rings is 2. The largest absolute Gasteiger partial charge is 0.493 e. The molecule has 2 amide bonds. The minimum atomic E-state index is -0.284. The van der Waals surface area contributed by atoms with Crippen LogP contribution in [0.2, 0.25) is 0 Å². The topological polar surface area (TPSA) is 104 Å². The number of rotatable bonds is 8. The zero-order valence-electron chi connectivity index (χ0n) is 19.8. The van der Waals surface area contributed by atoms with Gasteiger partial charge in [0.05, 0.1) is 18.9 Å². The van der Waals surface area contributed by atoms with Crippen LogP contribution in [0.4, 0.5) is 5.69 Å². The standard InChI is InChI=1S/C27H30N4O4/c1-2-21-17-24(32)30-26(28-21)19-8-6-10-22(16-19)29-27(34)20-9-7-14-31(18-20)25(33)13-15-35-23-11-4-3-5-12-23/h3-6,8,10-12,16-17,20H,2,7,9,13-15,18H2,1H3,(H,29,34)(H,28,30,32). The number of H-pyrrole nitrogens is 1. The van der Waals surface area contributed by atoms with Crippen molar-refractivity contribution in [2.75, 3.05) is 25.0 Å². The van der Waals surface area contributed by atoms with Gasteiger partial charge in [-0.15, -0.1) is 0 Å². The van der Waals surface area contributed by atoms with Crippen molar-refractivity contribution in [1.29, 1.82) is 0 Å². The average molecular weight is 475 g/mol. The highest BCUT2D eigenvalue weighted by molar-refractivity contribution is 5.93. The number of aryl methyl sites for hydroxylation is 1. The number of ether oxygens (including phenoxy) is 1. The summed E-state index contributed by atoms with van der Waals surface area (Å²) in [7, 11) is 0. The van der Waals surface area contributed by atoms with Gasteiger partial charge in [0.1, 0.15) is 11.6 Å². The zero-order valence-corrected chi connectivity index (χ0v) is 19.8. The summed E-state index contributed by atoms with van der Waals surface area (Å²) in [6, 6.07) is 18.1. The van der Waals surface area contributed by atoms with Crippen molar-refractivity contribution >= 4 is 17.5 Å². The Morgan fingerprint density at radius 2 is 1.97 bits per heavy atom. The first-order valence-corrected chi connectivity index (χ1v) is 12.0. The molecule has 3 aromatic rings. The van der Waals surface area contributed by atoms with Gasteiger partial charge < -0.3 is 19.9 Å². The van der Waals surface area contributed by atoms with E-state index >= 15 is 0 Å². The number of carbonyl (C=O) groups excluding carboxylic acids is 2. The van der Waals surface area contributed by atoms with E-state index in [1.54, 1.807) is 17.0 Å². The van der Waals surface area contributed by atoms with Crippen molar-refractivity contribution in [3.63, 3.8) is 0 Å². The molecule has 0 aliphatic carbocycles. The fourth-order valence-corrected chi connectivity index (χ4v) is 4.16. The third-order valence-corrected chi connectivity index (χ3v) is 6.03. The fourth-order valence-electron chi connectivity index (χ4n) is 4.16. The van der Waals surface area contributed by atoms with Crippen LogP contribution in [-0.4, -0.2) is 46.4 Å². The molecular weight excluding hydrogens is 444 g/mol. The van der Waals surface area contributed by atoms with Crippen LogP contribution in [-0.2, 0) is 16.0 Å². The van der Waals surface area contributed by atoms with Gasteiger partial charge in [0.15, 0.2) is 0 Å². The summed E-state index contributed by atoms with van der Waals surface area (Å²) in [5.74, 6) is 0.791. The second-order valence-electron chi connectivity index (χ2n) is 8.60. The lowest BCUT2D eigenvalue weighted by Crippen LogP contribution is -2.44. The van der Waals surface area contributed by atoms with Crippen molar-refractivity contribution in [3.05, 3.63) is 76.7 Å². The number of likely N-dealkylation sites (tertiary alicyclic amines) is 1. The van der Waals surface area contributed by atoms with Crippen LogP contribution in [0.25, 0.3) is 11.4 Å². The Balaban J connectivity index is 1.34. The first kappa shape index (κ1) is 24.2. The Labute approximate surface area is 204 Å². The number of aromatic amines is 1. The molecule has 8 heteroatoms. The van der Waals surface area contributed by atoms with Crippen LogP contribution in [0.3, 0.4) is 0 Å². The lowest BCUT2D eigenvalue weighted by molar-refractivity contribution is -0.135. The van der Waals surface area contributed by atoms with Crippen LogP contribution in [0.1, 0.15) is 31.9 Å². The van der Waals surface area contributed by atoms with Gasteiger partial charge in [-0.2, -0.15) is 0 Å². The molecule has 1 aliphatic heterocycles. The number of aromatic nitrogens is 2. The molecule has 0 saturated carbocycles. The van der Waals surface area contributed by atoms with Gasteiger partial charge >= 0.3 is 0 Å². The van der Waals surface area contributed by atoms with E-state index in [0.717, 1.165) is 18.6 Å². The number of nitrogens with one attached hydrogen (secondary N) is 2. The summed E-state index contributed by atoms with van der Waals surface area (Å²) < 4.78 is 5.64. The molecule has 4 rings (SSSR count). The van der Waals surface area contributed by atoms with E-state index in [0.29, 0.717) is 48.9 Å².